The molecular weight excluding hydrogens is 464 g/mol. The van der Waals surface area contributed by atoms with E-state index in [9.17, 15) is 15.8 Å². The molecule has 7 nitrogen and oxygen atoms in total. The predicted molar refractivity (Wildman–Crippen MR) is 134 cm³/mol. The molecule has 0 amide bonds. The molecule has 7 heteroatoms. The van der Waals surface area contributed by atoms with Gasteiger partial charge in [-0.25, -0.2) is 0 Å². The summed E-state index contributed by atoms with van der Waals surface area (Å²) < 4.78 is 18.2. The molecule has 2 fully saturated rings. The molecule has 2 aliphatic heterocycles. The minimum Gasteiger partial charge on any atom is -0.489 e. The summed E-state index contributed by atoms with van der Waals surface area (Å²) in [4.78, 5) is 0. The van der Waals surface area contributed by atoms with E-state index in [-0.39, 0.29) is 0 Å². The average molecular weight is 489 g/mol. The average Bonchev–Trinajstić information content (AvgIpc) is 3.10. The molecule has 1 N–H and O–H groups in total. The maximum Gasteiger partial charge on any atom is 0.215 e. The largest absolute Gasteiger partial charge is 0.489 e. The number of fused-ring (bicyclic) bond motifs is 2. The number of nitriles is 3. The highest BCUT2D eigenvalue weighted by Crippen LogP contribution is 2.67. The molecule has 4 unspecified atom stereocenters. The van der Waals surface area contributed by atoms with E-state index in [0.29, 0.717) is 24.3 Å². The molecular formula is C30H24N4O3. The summed E-state index contributed by atoms with van der Waals surface area (Å²) in [7, 11) is 0. The standard InChI is InChI=1S/C30H24N4O3/c1-28-25(16-21-8-4-2-5-9-21)30(20-33,27(34)37-28)29(18-31,19-32)26(36-28)23-12-14-24(15-13-23)35-17-22-10-6-3-7-11-22/h2-15,25-26,34H,16-17H2,1H3. The van der Waals surface area contributed by atoms with Crippen molar-refractivity contribution in [1.82, 2.24) is 0 Å². The minimum atomic E-state index is -2.01. The number of nitrogens with one attached hydrogen (secondary N) is 1. The van der Waals surface area contributed by atoms with Gasteiger partial charge in [-0.2, -0.15) is 15.8 Å². The Morgan fingerprint density at radius 3 is 2.00 bits per heavy atom. The van der Waals surface area contributed by atoms with Crippen LogP contribution in [0.3, 0.4) is 0 Å². The lowest BCUT2D eigenvalue weighted by Crippen LogP contribution is -2.59. The van der Waals surface area contributed by atoms with Gasteiger partial charge in [0.15, 0.2) is 5.41 Å². The molecule has 2 aliphatic rings. The molecule has 4 atom stereocenters. The van der Waals surface area contributed by atoms with Crippen LogP contribution in [0.25, 0.3) is 0 Å². The zero-order chi connectivity index (χ0) is 26.1. The Morgan fingerprint density at radius 1 is 0.838 bits per heavy atom. The SMILES string of the molecule is CC12OC(=N)C(C#N)(C1Cc1ccccc1)C(C#N)(C#N)C(c1ccc(OCc3ccccc3)cc1)O2. The fourth-order valence-corrected chi connectivity index (χ4v) is 5.52. The lowest BCUT2D eigenvalue weighted by molar-refractivity contribution is -0.272. The highest BCUT2D eigenvalue weighted by Gasteiger charge is 2.79. The lowest BCUT2D eigenvalue weighted by atomic mass is 9.52. The molecule has 5 rings (SSSR count). The van der Waals surface area contributed by atoms with Crippen molar-refractivity contribution in [2.45, 2.75) is 31.8 Å². The first-order chi connectivity index (χ1) is 17.9. The van der Waals surface area contributed by atoms with Gasteiger partial charge >= 0.3 is 0 Å². The van der Waals surface area contributed by atoms with Crippen molar-refractivity contribution >= 4 is 5.90 Å². The molecule has 2 heterocycles. The quantitative estimate of drug-likeness (QED) is 0.491. The normalized spacial score (nSPS) is 27.2. The molecule has 0 saturated carbocycles. The monoisotopic (exact) mass is 488 g/mol. The first kappa shape index (κ1) is 24.1. The Balaban J connectivity index is 1.52. The molecule has 2 saturated heterocycles. The van der Waals surface area contributed by atoms with E-state index in [2.05, 4.69) is 18.2 Å². The van der Waals surface area contributed by atoms with Gasteiger partial charge in [-0.15, -0.1) is 0 Å². The summed E-state index contributed by atoms with van der Waals surface area (Å²) in [5.74, 6) is -1.93. The van der Waals surface area contributed by atoms with Crippen LogP contribution in [-0.4, -0.2) is 11.7 Å². The van der Waals surface area contributed by atoms with E-state index in [0.717, 1.165) is 11.1 Å². The minimum absolute atomic E-state index is 0.303. The Bertz CT molecular complexity index is 1420. The van der Waals surface area contributed by atoms with Crippen molar-refractivity contribution in [3.05, 3.63) is 102 Å². The number of rotatable bonds is 6. The van der Waals surface area contributed by atoms with E-state index < -0.39 is 34.5 Å². The molecule has 0 aliphatic carbocycles. The van der Waals surface area contributed by atoms with Gasteiger partial charge in [0, 0.05) is 6.92 Å². The fourth-order valence-electron chi connectivity index (χ4n) is 5.52. The second kappa shape index (κ2) is 9.10. The van der Waals surface area contributed by atoms with E-state index in [1.165, 1.54) is 0 Å². The summed E-state index contributed by atoms with van der Waals surface area (Å²) in [6.45, 7) is 2.07. The van der Waals surface area contributed by atoms with E-state index >= 15 is 0 Å². The predicted octanol–water partition coefficient (Wildman–Crippen LogP) is 5.46. The second-order valence-electron chi connectivity index (χ2n) is 9.48. The number of hydrogen-bond acceptors (Lipinski definition) is 7. The third-order valence-electron chi connectivity index (χ3n) is 7.43. The van der Waals surface area contributed by atoms with Crippen LogP contribution >= 0.6 is 0 Å². The van der Waals surface area contributed by atoms with Crippen LogP contribution in [0, 0.1) is 56.2 Å². The van der Waals surface area contributed by atoms with Crippen molar-refractivity contribution in [1.29, 1.82) is 21.2 Å². The Morgan fingerprint density at radius 2 is 1.43 bits per heavy atom. The summed E-state index contributed by atoms with van der Waals surface area (Å²) in [5.41, 5.74) is -1.40. The topological polar surface area (TPSA) is 123 Å². The maximum atomic E-state index is 10.5. The van der Waals surface area contributed by atoms with Crippen molar-refractivity contribution < 1.29 is 14.2 Å². The molecule has 182 valence electrons. The molecule has 37 heavy (non-hydrogen) atoms. The van der Waals surface area contributed by atoms with Crippen LogP contribution in [0.1, 0.15) is 29.7 Å². The summed E-state index contributed by atoms with van der Waals surface area (Å²) in [6.07, 6.45) is -0.817. The van der Waals surface area contributed by atoms with E-state index in [1.54, 1.807) is 31.2 Å². The molecule has 3 aromatic rings. The van der Waals surface area contributed by atoms with Crippen molar-refractivity contribution in [3.8, 4) is 24.0 Å². The van der Waals surface area contributed by atoms with Gasteiger partial charge in [0.1, 0.15) is 18.5 Å². The second-order valence-corrected chi connectivity index (χ2v) is 9.48. The van der Waals surface area contributed by atoms with Gasteiger partial charge in [-0.1, -0.05) is 72.8 Å². The Hall–Kier alpha value is -4.64. The molecule has 3 aromatic carbocycles. The van der Waals surface area contributed by atoms with Gasteiger partial charge in [-0.3, -0.25) is 5.41 Å². The van der Waals surface area contributed by atoms with Gasteiger partial charge in [-0.05, 0) is 35.2 Å². The first-order valence-electron chi connectivity index (χ1n) is 11.9. The Labute approximate surface area is 215 Å². The summed E-state index contributed by atoms with van der Waals surface area (Å²) >= 11 is 0. The van der Waals surface area contributed by atoms with Crippen LogP contribution in [0.4, 0.5) is 0 Å². The highest BCUT2D eigenvalue weighted by atomic mass is 16.7. The molecule has 0 spiro atoms. The lowest BCUT2D eigenvalue weighted by Gasteiger charge is -2.48. The maximum absolute atomic E-state index is 10.5. The third-order valence-corrected chi connectivity index (χ3v) is 7.43. The van der Waals surface area contributed by atoms with Crippen LogP contribution in [-0.2, 0) is 22.5 Å². The van der Waals surface area contributed by atoms with Gasteiger partial charge in [0.25, 0.3) is 0 Å². The van der Waals surface area contributed by atoms with Crippen LogP contribution in [0.2, 0.25) is 0 Å². The van der Waals surface area contributed by atoms with Crippen molar-refractivity contribution in [3.63, 3.8) is 0 Å². The van der Waals surface area contributed by atoms with Crippen LogP contribution in [0.5, 0.6) is 5.75 Å². The van der Waals surface area contributed by atoms with Gasteiger partial charge < -0.3 is 14.2 Å². The zero-order valence-electron chi connectivity index (χ0n) is 20.2. The summed E-state index contributed by atoms with van der Waals surface area (Å²) in [5, 5.41) is 40.1. The first-order valence-corrected chi connectivity index (χ1v) is 11.9. The van der Waals surface area contributed by atoms with Gasteiger partial charge in [0.05, 0.1) is 24.1 Å². The van der Waals surface area contributed by atoms with Crippen molar-refractivity contribution in [2.75, 3.05) is 0 Å². The smallest absolute Gasteiger partial charge is 0.215 e. The number of benzene rings is 3. The van der Waals surface area contributed by atoms with E-state index in [4.69, 9.17) is 19.6 Å². The van der Waals surface area contributed by atoms with Gasteiger partial charge in [0.2, 0.25) is 17.1 Å². The number of hydrogen-bond donors (Lipinski definition) is 1. The van der Waals surface area contributed by atoms with Crippen LogP contribution < -0.4 is 4.74 Å². The van der Waals surface area contributed by atoms with Crippen molar-refractivity contribution in [2.24, 2.45) is 16.7 Å². The van der Waals surface area contributed by atoms with E-state index in [1.807, 2.05) is 60.7 Å². The number of nitrogens with zero attached hydrogens (tertiary/aromatic N) is 3. The Kier molecular flexibility index (Phi) is 5.92. The summed E-state index contributed by atoms with van der Waals surface area (Å²) in [6, 6.07) is 32.5. The molecule has 0 aromatic heterocycles. The van der Waals surface area contributed by atoms with Crippen LogP contribution in [0.15, 0.2) is 84.9 Å². The fraction of sp³-hybridized carbons (Fsp3) is 0.267. The molecule has 0 radical (unpaired) electrons. The third kappa shape index (κ3) is 3.62. The number of ether oxygens (including phenoxy) is 3. The molecule has 2 bridgehead atoms. The zero-order valence-corrected chi connectivity index (χ0v) is 20.2. The highest BCUT2D eigenvalue weighted by molar-refractivity contribution is 5.89.